The number of methoxy groups -OCH3 is 1. The molecule has 0 saturated heterocycles. The zero-order valence-electron chi connectivity index (χ0n) is 14.7. The predicted molar refractivity (Wildman–Crippen MR) is 102 cm³/mol. The maximum absolute atomic E-state index is 12.4. The zero-order chi connectivity index (χ0) is 17.8. The summed E-state index contributed by atoms with van der Waals surface area (Å²) >= 11 is 1.50. The Balaban J connectivity index is 1.74. The Bertz CT molecular complexity index is 916. The van der Waals surface area contributed by atoms with Crippen LogP contribution in [0.3, 0.4) is 0 Å². The van der Waals surface area contributed by atoms with Crippen LogP contribution in [0.15, 0.2) is 47.3 Å². The third-order valence-electron chi connectivity index (χ3n) is 3.90. The summed E-state index contributed by atoms with van der Waals surface area (Å²) in [6.45, 7) is 3.81. The zero-order valence-corrected chi connectivity index (χ0v) is 15.5. The first-order valence-corrected chi connectivity index (χ1v) is 8.96. The van der Waals surface area contributed by atoms with Crippen LogP contribution in [-0.4, -0.2) is 29.6 Å². The minimum atomic E-state index is 0.0664. The van der Waals surface area contributed by atoms with Crippen molar-refractivity contribution in [2.75, 3.05) is 20.8 Å². The quantitative estimate of drug-likeness (QED) is 0.648. The van der Waals surface area contributed by atoms with Gasteiger partial charge in [-0.2, -0.15) is 0 Å². The van der Waals surface area contributed by atoms with E-state index in [9.17, 15) is 4.79 Å². The predicted octanol–water partition coefficient (Wildman–Crippen LogP) is 3.56. The molecule has 3 aromatic rings. The van der Waals surface area contributed by atoms with Gasteiger partial charge in [-0.15, -0.1) is 0 Å². The molecule has 1 aromatic heterocycles. The molecule has 0 N–H and O–H groups in total. The first kappa shape index (κ1) is 17.5. The minimum Gasteiger partial charge on any atom is -0.493 e. The van der Waals surface area contributed by atoms with Crippen LogP contribution in [0, 0.1) is 0 Å². The molecule has 1 heterocycles. The van der Waals surface area contributed by atoms with E-state index < -0.39 is 0 Å². The summed E-state index contributed by atoms with van der Waals surface area (Å²) < 4.78 is 13.8. The Kier molecular flexibility index (Phi) is 5.40. The van der Waals surface area contributed by atoms with Gasteiger partial charge in [-0.05, 0) is 43.8 Å². The van der Waals surface area contributed by atoms with Crippen LogP contribution in [0.5, 0.6) is 11.5 Å². The van der Waals surface area contributed by atoms with E-state index in [0.29, 0.717) is 19.8 Å². The lowest BCUT2D eigenvalue weighted by Gasteiger charge is -2.17. The first-order chi connectivity index (χ1) is 12.1. The molecule has 0 aliphatic carbocycles. The van der Waals surface area contributed by atoms with Crippen LogP contribution in [0.25, 0.3) is 10.1 Å². The second-order valence-electron chi connectivity index (χ2n) is 5.84. The average Bonchev–Trinajstić information content (AvgIpc) is 2.92. The van der Waals surface area contributed by atoms with Crippen molar-refractivity contribution in [2.45, 2.75) is 20.1 Å². The van der Waals surface area contributed by atoms with Gasteiger partial charge in [0.05, 0.1) is 30.5 Å². The van der Waals surface area contributed by atoms with E-state index in [1.807, 2.05) is 56.4 Å². The van der Waals surface area contributed by atoms with Gasteiger partial charge in [-0.1, -0.05) is 29.7 Å². The summed E-state index contributed by atoms with van der Waals surface area (Å²) in [5.74, 6) is 1.48. The van der Waals surface area contributed by atoms with E-state index in [4.69, 9.17) is 9.47 Å². The molecule has 0 bridgehead atoms. The van der Waals surface area contributed by atoms with E-state index in [0.717, 1.165) is 27.1 Å². The summed E-state index contributed by atoms with van der Waals surface area (Å²) in [6, 6.07) is 13.6. The molecular weight excluding hydrogens is 336 g/mol. The van der Waals surface area contributed by atoms with E-state index in [1.54, 1.807) is 11.1 Å². The molecule has 0 fully saturated rings. The summed E-state index contributed by atoms with van der Waals surface area (Å²) in [5, 5.41) is 0.781. The van der Waals surface area contributed by atoms with Crippen molar-refractivity contribution in [1.29, 1.82) is 0 Å². The SMILES string of the molecule is CCOc1ccc(CN(C)Cn2sc3ccccc3c2=O)cc1OC. The molecule has 0 spiro atoms. The van der Waals surface area contributed by atoms with Gasteiger partial charge in [0.15, 0.2) is 11.5 Å². The monoisotopic (exact) mass is 358 g/mol. The highest BCUT2D eigenvalue weighted by molar-refractivity contribution is 7.13. The number of hydrogen-bond donors (Lipinski definition) is 0. The number of rotatable bonds is 7. The summed E-state index contributed by atoms with van der Waals surface area (Å²) in [6.07, 6.45) is 0. The van der Waals surface area contributed by atoms with Crippen molar-refractivity contribution in [3.8, 4) is 11.5 Å². The Hall–Kier alpha value is -2.31. The van der Waals surface area contributed by atoms with Crippen LogP contribution < -0.4 is 15.0 Å². The maximum atomic E-state index is 12.4. The molecule has 132 valence electrons. The van der Waals surface area contributed by atoms with Gasteiger partial charge in [-0.3, -0.25) is 9.69 Å². The van der Waals surface area contributed by atoms with E-state index in [2.05, 4.69) is 4.90 Å². The maximum Gasteiger partial charge on any atom is 0.269 e. The Morgan fingerprint density at radius 3 is 2.68 bits per heavy atom. The van der Waals surface area contributed by atoms with Crippen LogP contribution in [0.2, 0.25) is 0 Å². The smallest absolute Gasteiger partial charge is 0.269 e. The van der Waals surface area contributed by atoms with Crippen LogP contribution in [0.1, 0.15) is 12.5 Å². The van der Waals surface area contributed by atoms with Crippen molar-refractivity contribution in [2.24, 2.45) is 0 Å². The van der Waals surface area contributed by atoms with Crippen molar-refractivity contribution >= 4 is 21.6 Å². The Morgan fingerprint density at radius 2 is 1.96 bits per heavy atom. The van der Waals surface area contributed by atoms with Gasteiger partial charge in [-0.25, -0.2) is 3.96 Å². The van der Waals surface area contributed by atoms with Crippen molar-refractivity contribution < 1.29 is 9.47 Å². The molecule has 5 nitrogen and oxygen atoms in total. The molecule has 0 unspecified atom stereocenters. The minimum absolute atomic E-state index is 0.0664. The van der Waals surface area contributed by atoms with Gasteiger partial charge in [0, 0.05) is 6.54 Å². The van der Waals surface area contributed by atoms with Crippen LogP contribution >= 0.6 is 11.5 Å². The van der Waals surface area contributed by atoms with E-state index in [1.165, 1.54) is 11.5 Å². The summed E-state index contributed by atoms with van der Waals surface area (Å²) in [7, 11) is 3.64. The first-order valence-electron chi connectivity index (χ1n) is 8.19. The van der Waals surface area contributed by atoms with Crippen LogP contribution in [-0.2, 0) is 13.2 Å². The molecule has 0 aliphatic heterocycles. The number of fused-ring (bicyclic) bond motifs is 1. The van der Waals surface area contributed by atoms with Crippen LogP contribution in [0.4, 0.5) is 0 Å². The van der Waals surface area contributed by atoms with Gasteiger partial charge in [0.1, 0.15) is 0 Å². The molecule has 25 heavy (non-hydrogen) atoms. The average molecular weight is 358 g/mol. The standard InChI is InChI=1S/C19H22N2O3S/c1-4-24-16-10-9-14(11-17(16)23-3)12-20(2)13-21-19(22)15-7-5-6-8-18(15)25-21/h5-11H,4,12-13H2,1-3H3. The molecular formula is C19H22N2O3S. The topological polar surface area (TPSA) is 43.7 Å². The fraction of sp³-hybridized carbons (Fsp3) is 0.316. The molecule has 0 amide bonds. The molecule has 0 aliphatic rings. The molecule has 0 saturated carbocycles. The highest BCUT2D eigenvalue weighted by atomic mass is 32.1. The van der Waals surface area contributed by atoms with Gasteiger partial charge >= 0.3 is 0 Å². The van der Waals surface area contributed by atoms with Crippen molar-refractivity contribution in [3.63, 3.8) is 0 Å². The van der Waals surface area contributed by atoms with Gasteiger partial charge in [0.2, 0.25) is 0 Å². The second-order valence-corrected chi connectivity index (χ2v) is 6.91. The van der Waals surface area contributed by atoms with Gasteiger partial charge < -0.3 is 9.47 Å². The largest absolute Gasteiger partial charge is 0.493 e. The second kappa shape index (κ2) is 7.72. The van der Waals surface area contributed by atoms with E-state index >= 15 is 0 Å². The summed E-state index contributed by atoms with van der Waals surface area (Å²) in [5.41, 5.74) is 1.17. The summed E-state index contributed by atoms with van der Waals surface area (Å²) in [4.78, 5) is 14.5. The molecule has 0 atom stereocenters. The Morgan fingerprint density at radius 1 is 1.16 bits per heavy atom. The Labute approximate surface area is 151 Å². The molecule has 6 heteroatoms. The van der Waals surface area contributed by atoms with Crippen molar-refractivity contribution in [1.82, 2.24) is 8.86 Å². The van der Waals surface area contributed by atoms with Gasteiger partial charge in [0.25, 0.3) is 5.56 Å². The van der Waals surface area contributed by atoms with E-state index in [-0.39, 0.29) is 5.56 Å². The third kappa shape index (κ3) is 3.86. The molecule has 0 radical (unpaired) electrons. The fourth-order valence-corrected chi connectivity index (χ4v) is 3.84. The lowest BCUT2D eigenvalue weighted by molar-refractivity contribution is 0.267. The number of aromatic nitrogens is 1. The normalized spacial score (nSPS) is 11.2. The number of hydrogen-bond acceptors (Lipinski definition) is 5. The third-order valence-corrected chi connectivity index (χ3v) is 4.96. The molecule has 3 rings (SSSR count). The number of nitrogens with zero attached hydrogens (tertiary/aromatic N) is 2. The highest BCUT2D eigenvalue weighted by Gasteiger charge is 2.11. The fourth-order valence-electron chi connectivity index (χ4n) is 2.78. The lowest BCUT2D eigenvalue weighted by atomic mass is 10.2. The lowest BCUT2D eigenvalue weighted by Crippen LogP contribution is -2.26. The van der Waals surface area contributed by atoms with Crippen molar-refractivity contribution in [3.05, 3.63) is 58.4 Å². The highest BCUT2D eigenvalue weighted by Crippen LogP contribution is 2.28. The number of ether oxygens (including phenoxy) is 2. The molecule has 2 aromatic carbocycles. The number of benzene rings is 2.